The maximum Gasteiger partial charge on any atom is 0.147 e. The number of rotatable bonds is 4. The molecule has 4 heterocycles. The van der Waals surface area contributed by atoms with Gasteiger partial charge in [0, 0.05) is 51.9 Å². The number of fused-ring (bicyclic) bond motifs is 5. The third-order valence-corrected chi connectivity index (χ3v) is 10.2. The summed E-state index contributed by atoms with van der Waals surface area (Å²) in [7, 11) is 0. The van der Waals surface area contributed by atoms with Crippen molar-refractivity contribution in [2.75, 3.05) is 0 Å². The Morgan fingerprint density at radius 1 is 0.460 bits per heavy atom. The van der Waals surface area contributed by atoms with Crippen molar-refractivity contribution in [3.8, 4) is 34.0 Å². The van der Waals surface area contributed by atoms with Crippen LogP contribution in [0.2, 0.25) is 0 Å². The van der Waals surface area contributed by atoms with E-state index in [0.29, 0.717) is 0 Å². The van der Waals surface area contributed by atoms with Crippen LogP contribution in [0.15, 0.2) is 164 Å². The van der Waals surface area contributed by atoms with E-state index in [2.05, 4.69) is 148 Å². The van der Waals surface area contributed by atoms with E-state index in [0.717, 1.165) is 56.0 Å². The first-order chi connectivity index (χ1) is 24.8. The normalized spacial score (nSPS) is 12.0. The first-order valence-electron chi connectivity index (χ1n) is 16.9. The van der Waals surface area contributed by atoms with Crippen LogP contribution >= 0.6 is 0 Å². The van der Waals surface area contributed by atoms with Crippen molar-refractivity contribution in [2.24, 2.45) is 0 Å². The van der Waals surface area contributed by atoms with Crippen molar-refractivity contribution < 1.29 is 0 Å². The van der Waals surface area contributed by atoms with Gasteiger partial charge in [0.15, 0.2) is 0 Å². The molecule has 0 radical (unpaired) electrons. The van der Waals surface area contributed by atoms with Crippen LogP contribution in [0, 0.1) is 0 Å². The molecule has 0 fully saturated rings. The van der Waals surface area contributed by atoms with Crippen LogP contribution in [0.5, 0.6) is 0 Å². The lowest BCUT2D eigenvalue weighted by Crippen LogP contribution is -1.98. The number of hydrogen-bond donors (Lipinski definition) is 0. The highest BCUT2D eigenvalue weighted by atomic mass is 15.1. The van der Waals surface area contributed by atoms with Crippen LogP contribution in [0.25, 0.3) is 99.2 Å². The maximum absolute atomic E-state index is 5.08. The smallest absolute Gasteiger partial charge is 0.147 e. The molecule has 5 heteroatoms. The summed E-state index contributed by atoms with van der Waals surface area (Å²) in [6, 6.07) is 51.6. The molecular weight excluding hydrogens is 611 g/mol. The molecule has 0 amide bonds. The van der Waals surface area contributed by atoms with Gasteiger partial charge in [0.25, 0.3) is 0 Å². The van der Waals surface area contributed by atoms with Gasteiger partial charge in [0.05, 0.1) is 27.8 Å². The van der Waals surface area contributed by atoms with Crippen molar-refractivity contribution in [3.05, 3.63) is 164 Å². The molecule has 50 heavy (non-hydrogen) atoms. The van der Waals surface area contributed by atoms with Crippen LogP contribution in [-0.2, 0) is 0 Å². The summed E-state index contributed by atoms with van der Waals surface area (Å²) < 4.78 is 4.58. The summed E-state index contributed by atoms with van der Waals surface area (Å²) in [6.07, 6.45) is 5.86. The summed E-state index contributed by atoms with van der Waals surface area (Å²) in [4.78, 5) is 14.7. The highest BCUT2D eigenvalue weighted by Crippen LogP contribution is 2.44. The van der Waals surface area contributed by atoms with Gasteiger partial charge in [-0.1, -0.05) is 84.9 Å². The van der Waals surface area contributed by atoms with Gasteiger partial charge < -0.3 is 4.57 Å². The van der Waals surface area contributed by atoms with Crippen molar-refractivity contribution in [1.29, 1.82) is 0 Å². The quantitative estimate of drug-likeness (QED) is 0.180. The third-order valence-electron chi connectivity index (χ3n) is 10.2. The number of pyridine rings is 2. The predicted octanol–water partition coefficient (Wildman–Crippen LogP) is 11.1. The Balaban J connectivity index is 1.11. The highest BCUT2D eigenvalue weighted by Gasteiger charge is 2.20. The Morgan fingerprint density at radius 3 is 2.00 bits per heavy atom. The molecule has 0 saturated heterocycles. The van der Waals surface area contributed by atoms with E-state index in [1.165, 1.54) is 43.2 Å². The molecule has 7 aromatic carbocycles. The minimum absolute atomic E-state index is 0.875. The van der Waals surface area contributed by atoms with E-state index in [1.807, 2.05) is 30.7 Å². The second-order valence-electron chi connectivity index (χ2n) is 12.9. The van der Waals surface area contributed by atoms with Gasteiger partial charge >= 0.3 is 0 Å². The van der Waals surface area contributed by atoms with E-state index < -0.39 is 0 Å². The summed E-state index contributed by atoms with van der Waals surface area (Å²) in [5.74, 6) is 0.875. The van der Waals surface area contributed by atoms with Crippen LogP contribution in [0.4, 0.5) is 0 Å². The van der Waals surface area contributed by atoms with Gasteiger partial charge in [-0.3, -0.25) is 14.5 Å². The second kappa shape index (κ2) is 10.3. The Kier molecular flexibility index (Phi) is 5.60. The molecular formula is C45H27N5. The fourth-order valence-electron chi connectivity index (χ4n) is 8.05. The Bertz CT molecular complexity index is 3070. The Hall–Kier alpha value is -6.85. The maximum atomic E-state index is 5.08. The molecule has 0 saturated carbocycles. The standard InChI is InChI=1S/C45H27N5/c1-3-9-31(10-4-1)49-39-23-24-46-27-36(39)44-35-21-16-28-15-19-33(34-20-17-29(25-41(44)49)43(35)42(28)34)37-22-18-30(26-47-37)45-48-38-13-7-8-14-40(38)50(45)32-11-5-2-6-12-32/h1-27H. The highest BCUT2D eigenvalue weighted by molar-refractivity contribution is 6.33. The Morgan fingerprint density at radius 2 is 1.18 bits per heavy atom. The van der Waals surface area contributed by atoms with Gasteiger partial charge in [0.2, 0.25) is 0 Å². The average molecular weight is 638 g/mol. The monoisotopic (exact) mass is 637 g/mol. The van der Waals surface area contributed by atoms with Crippen molar-refractivity contribution in [3.63, 3.8) is 0 Å². The van der Waals surface area contributed by atoms with E-state index in [9.17, 15) is 0 Å². The average Bonchev–Trinajstić information content (AvgIpc) is 3.74. The molecule has 11 rings (SSSR count). The summed E-state index contributed by atoms with van der Waals surface area (Å²) in [5.41, 5.74) is 9.60. The first kappa shape index (κ1) is 27.1. The van der Waals surface area contributed by atoms with E-state index in [1.54, 1.807) is 0 Å². The molecule has 0 N–H and O–H groups in total. The summed E-state index contributed by atoms with van der Waals surface area (Å²) in [5, 5.41) is 9.80. The third kappa shape index (κ3) is 3.80. The molecule has 0 aliphatic carbocycles. The van der Waals surface area contributed by atoms with E-state index in [-0.39, 0.29) is 0 Å². The van der Waals surface area contributed by atoms with Crippen molar-refractivity contribution in [1.82, 2.24) is 24.1 Å². The molecule has 5 nitrogen and oxygen atoms in total. The zero-order chi connectivity index (χ0) is 32.8. The lowest BCUT2D eigenvalue weighted by atomic mass is 9.89. The Labute approximate surface area is 286 Å². The summed E-state index contributed by atoms with van der Waals surface area (Å²) >= 11 is 0. The molecule has 0 aliphatic rings. The van der Waals surface area contributed by atoms with Gasteiger partial charge in [-0.15, -0.1) is 0 Å². The molecule has 232 valence electrons. The van der Waals surface area contributed by atoms with Crippen LogP contribution in [0.1, 0.15) is 0 Å². The van der Waals surface area contributed by atoms with E-state index in [4.69, 9.17) is 9.97 Å². The SMILES string of the molecule is c1ccc(-n2c(-c3ccc(-c4ccc5ccc6c7c(ccc4c57)cc4c6c5cnccc5n4-c4ccccc4)nc3)nc3ccccc32)cc1. The zero-order valence-corrected chi connectivity index (χ0v) is 26.8. The first-order valence-corrected chi connectivity index (χ1v) is 16.9. The zero-order valence-electron chi connectivity index (χ0n) is 26.8. The van der Waals surface area contributed by atoms with Crippen LogP contribution < -0.4 is 0 Å². The van der Waals surface area contributed by atoms with Crippen LogP contribution in [0.3, 0.4) is 0 Å². The molecule has 0 spiro atoms. The molecule has 4 aromatic heterocycles. The minimum atomic E-state index is 0.875. The number of hydrogen-bond acceptors (Lipinski definition) is 3. The minimum Gasteiger partial charge on any atom is -0.309 e. The fourth-order valence-corrected chi connectivity index (χ4v) is 8.05. The molecule has 0 aliphatic heterocycles. The number of nitrogens with zero attached hydrogens (tertiary/aromatic N) is 5. The molecule has 0 unspecified atom stereocenters. The van der Waals surface area contributed by atoms with Gasteiger partial charge in [0.1, 0.15) is 5.82 Å². The van der Waals surface area contributed by atoms with Gasteiger partial charge in [-0.2, -0.15) is 0 Å². The van der Waals surface area contributed by atoms with E-state index >= 15 is 0 Å². The van der Waals surface area contributed by atoms with Crippen molar-refractivity contribution >= 4 is 65.2 Å². The number of para-hydroxylation sites is 4. The molecule has 0 bridgehead atoms. The van der Waals surface area contributed by atoms with Crippen LogP contribution in [-0.4, -0.2) is 24.1 Å². The number of aromatic nitrogens is 5. The fraction of sp³-hybridized carbons (Fsp3) is 0. The van der Waals surface area contributed by atoms with Gasteiger partial charge in [-0.25, -0.2) is 4.98 Å². The lowest BCUT2D eigenvalue weighted by molar-refractivity contribution is 1.10. The largest absolute Gasteiger partial charge is 0.309 e. The molecule has 11 aromatic rings. The topological polar surface area (TPSA) is 48.5 Å². The van der Waals surface area contributed by atoms with Gasteiger partial charge in [-0.05, 0) is 93.0 Å². The number of benzene rings is 7. The van der Waals surface area contributed by atoms with Crippen molar-refractivity contribution in [2.45, 2.75) is 0 Å². The summed E-state index contributed by atoms with van der Waals surface area (Å²) in [6.45, 7) is 0. The molecule has 0 atom stereocenters. The second-order valence-corrected chi connectivity index (χ2v) is 12.9. The predicted molar refractivity (Wildman–Crippen MR) is 206 cm³/mol. The number of imidazole rings is 1. The lowest BCUT2D eigenvalue weighted by Gasteiger charge is -2.15.